The van der Waals surface area contributed by atoms with Gasteiger partial charge in [0.25, 0.3) is 0 Å². The second kappa shape index (κ2) is 6.11. The zero-order valence-corrected chi connectivity index (χ0v) is 11.9. The van der Waals surface area contributed by atoms with Crippen molar-refractivity contribution in [2.24, 2.45) is 0 Å². The number of anilines is 1. The van der Waals surface area contributed by atoms with E-state index < -0.39 is 0 Å². The van der Waals surface area contributed by atoms with Gasteiger partial charge in [0.1, 0.15) is 17.3 Å². The predicted octanol–water partition coefficient (Wildman–Crippen LogP) is 3.22. The summed E-state index contributed by atoms with van der Waals surface area (Å²) in [6, 6.07) is 2.18. The molecule has 0 spiro atoms. The molecule has 0 aliphatic carbocycles. The van der Waals surface area contributed by atoms with Gasteiger partial charge in [0, 0.05) is 18.0 Å². The number of ether oxygens (including phenoxy) is 1. The number of aromatic nitrogens is 2. The van der Waals surface area contributed by atoms with Crippen molar-refractivity contribution in [1.82, 2.24) is 9.97 Å². The van der Waals surface area contributed by atoms with E-state index in [1.165, 1.54) is 4.88 Å². The Labute approximate surface area is 111 Å². The van der Waals surface area contributed by atoms with Crippen LogP contribution >= 0.6 is 11.3 Å². The maximum atomic E-state index is 5.39. The number of fused-ring (bicyclic) bond motifs is 1. The lowest BCUT2D eigenvalue weighted by molar-refractivity contribution is 0.128. The molecule has 4 nitrogen and oxygen atoms in total. The summed E-state index contributed by atoms with van der Waals surface area (Å²) in [4.78, 5) is 11.5. The highest BCUT2D eigenvalue weighted by atomic mass is 32.1. The monoisotopic (exact) mass is 265 g/mol. The molecule has 98 valence electrons. The summed E-state index contributed by atoms with van der Waals surface area (Å²) in [5.41, 5.74) is 0. The van der Waals surface area contributed by atoms with Crippen molar-refractivity contribution in [3.8, 4) is 0 Å². The maximum Gasteiger partial charge on any atom is 0.158 e. The standard InChI is InChI=1S/C13H19N3OS/c1-4-9-7-10-12(14-5-2)15-11(8-17-6-3)16-13(10)18-9/h7H,4-6,8H2,1-3H3,(H,14,15,16). The van der Waals surface area contributed by atoms with Crippen LogP contribution in [0.2, 0.25) is 0 Å². The molecule has 2 rings (SSSR count). The van der Waals surface area contributed by atoms with Crippen LogP contribution in [0.4, 0.5) is 5.82 Å². The molecule has 5 heteroatoms. The fraction of sp³-hybridized carbons (Fsp3) is 0.538. The average molecular weight is 265 g/mol. The molecule has 0 amide bonds. The van der Waals surface area contributed by atoms with E-state index in [0.29, 0.717) is 13.2 Å². The number of nitrogens with one attached hydrogen (secondary N) is 1. The molecule has 0 bridgehead atoms. The second-order valence-electron chi connectivity index (χ2n) is 3.94. The summed E-state index contributed by atoms with van der Waals surface area (Å²) >= 11 is 1.74. The molecule has 2 aromatic heterocycles. The number of hydrogen-bond acceptors (Lipinski definition) is 5. The molecular formula is C13H19N3OS. The molecule has 0 saturated carbocycles. The van der Waals surface area contributed by atoms with Crippen molar-refractivity contribution >= 4 is 27.4 Å². The second-order valence-corrected chi connectivity index (χ2v) is 5.06. The Morgan fingerprint density at radius 2 is 2.11 bits per heavy atom. The van der Waals surface area contributed by atoms with Gasteiger partial charge in [-0.3, -0.25) is 0 Å². The summed E-state index contributed by atoms with van der Waals surface area (Å²) < 4.78 is 5.39. The van der Waals surface area contributed by atoms with Crippen LogP contribution < -0.4 is 5.32 Å². The van der Waals surface area contributed by atoms with E-state index in [1.54, 1.807) is 11.3 Å². The van der Waals surface area contributed by atoms with E-state index in [0.717, 1.165) is 34.8 Å². The first-order chi connectivity index (χ1) is 8.78. The Morgan fingerprint density at radius 1 is 1.28 bits per heavy atom. The van der Waals surface area contributed by atoms with Crippen LogP contribution in [0.15, 0.2) is 6.07 Å². The summed E-state index contributed by atoms with van der Waals surface area (Å²) in [5, 5.41) is 4.43. The number of hydrogen-bond donors (Lipinski definition) is 1. The molecule has 0 aliphatic heterocycles. The van der Waals surface area contributed by atoms with Gasteiger partial charge in [0.05, 0.1) is 5.39 Å². The number of rotatable bonds is 6. The smallest absolute Gasteiger partial charge is 0.158 e. The highest BCUT2D eigenvalue weighted by Crippen LogP contribution is 2.29. The Hall–Kier alpha value is -1.20. The highest BCUT2D eigenvalue weighted by molar-refractivity contribution is 7.18. The van der Waals surface area contributed by atoms with Gasteiger partial charge in [0.15, 0.2) is 5.82 Å². The van der Waals surface area contributed by atoms with Gasteiger partial charge < -0.3 is 10.1 Å². The van der Waals surface area contributed by atoms with Crippen LogP contribution in [-0.2, 0) is 17.8 Å². The van der Waals surface area contributed by atoms with Gasteiger partial charge in [0.2, 0.25) is 0 Å². The SMILES string of the molecule is CCNc1nc(COCC)nc2sc(CC)cc12. The van der Waals surface area contributed by atoms with Crippen molar-refractivity contribution in [3.63, 3.8) is 0 Å². The molecule has 18 heavy (non-hydrogen) atoms. The first-order valence-electron chi connectivity index (χ1n) is 6.39. The largest absolute Gasteiger partial charge is 0.374 e. The van der Waals surface area contributed by atoms with Crippen molar-refractivity contribution in [2.45, 2.75) is 33.8 Å². The van der Waals surface area contributed by atoms with Gasteiger partial charge in [-0.05, 0) is 26.3 Å². The molecule has 0 saturated heterocycles. The van der Waals surface area contributed by atoms with Crippen LogP contribution in [-0.4, -0.2) is 23.1 Å². The number of thiophene rings is 1. The Morgan fingerprint density at radius 3 is 2.78 bits per heavy atom. The lowest BCUT2D eigenvalue weighted by atomic mass is 10.3. The van der Waals surface area contributed by atoms with Crippen molar-refractivity contribution in [1.29, 1.82) is 0 Å². The van der Waals surface area contributed by atoms with Crippen LogP contribution in [0.25, 0.3) is 10.2 Å². The Kier molecular flexibility index (Phi) is 4.49. The maximum absolute atomic E-state index is 5.39. The molecule has 2 aromatic rings. The zero-order chi connectivity index (χ0) is 13.0. The summed E-state index contributed by atoms with van der Waals surface area (Å²) in [6.45, 7) is 8.23. The molecule has 2 heterocycles. The van der Waals surface area contributed by atoms with E-state index in [4.69, 9.17) is 4.74 Å². The molecule has 0 radical (unpaired) electrons. The van der Waals surface area contributed by atoms with Gasteiger partial charge in [-0.15, -0.1) is 11.3 Å². The van der Waals surface area contributed by atoms with E-state index in [9.17, 15) is 0 Å². The average Bonchev–Trinajstić information content (AvgIpc) is 2.80. The van der Waals surface area contributed by atoms with Crippen LogP contribution in [0.5, 0.6) is 0 Å². The minimum absolute atomic E-state index is 0.476. The van der Waals surface area contributed by atoms with Crippen LogP contribution in [0.3, 0.4) is 0 Å². The Balaban J connectivity index is 2.43. The Bertz CT molecular complexity index is 524. The fourth-order valence-corrected chi connectivity index (χ4v) is 2.74. The molecule has 0 unspecified atom stereocenters. The summed E-state index contributed by atoms with van der Waals surface area (Å²) in [7, 11) is 0. The fourth-order valence-electron chi connectivity index (χ4n) is 1.75. The summed E-state index contributed by atoms with van der Waals surface area (Å²) in [5.74, 6) is 1.68. The van der Waals surface area contributed by atoms with Gasteiger partial charge in [-0.25, -0.2) is 9.97 Å². The van der Waals surface area contributed by atoms with Crippen LogP contribution in [0, 0.1) is 0 Å². The molecule has 0 aliphatic rings. The van der Waals surface area contributed by atoms with Crippen molar-refractivity contribution in [3.05, 3.63) is 16.8 Å². The lowest BCUT2D eigenvalue weighted by Crippen LogP contribution is -2.05. The first kappa shape index (κ1) is 13.2. The topological polar surface area (TPSA) is 47.0 Å². The van der Waals surface area contributed by atoms with E-state index in [2.05, 4.69) is 35.2 Å². The van der Waals surface area contributed by atoms with Crippen LogP contribution in [0.1, 0.15) is 31.5 Å². The third-order valence-corrected chi connectivity index (χ3v) is 3.79. The molecule has 1 N–H and O–H groups in total. The lowest BCUT2D eigenvalue weighted by Gasteiger charge is -2.06. The number of aryl methyl sites for hydroxylation is 1. The normalized spacial score (nSPS) is 11.1. The first-order valence-corrected chi connectivity index (χ1v) is 7.21. The molecule has 0 atom stereocenters. The van der Waals surface area contributed by atoms with Gasteiger partial charge >= 0.3 is 0 Å². The van der Waals surface area contributed by atoms with Gasteiger partial charge in [-0.2, -0.15) is 0 Å². The van der Waals surface area contributed by atoms with Crippen molar-refractivity contribution < 1.29 is 4.74 Å². The summed E-state index contributed by atoms with van der Waals surface area (Å²) in [6.07, 6.45) is 1.04. The van der Waals surface area contributed by atoms with E-state index >= 15 is 0 Å². The molecule has 0 aromatic carbocycles. The third kappa shape index (κ3) is 2.79. The zero-order valence-electron chi connectivity index (χ0n) is 11.1. The minimum Gasteiger partial charge on any atom is -0.374 e. The quantitative estimate of drug-likeness (QED) is 0.871. The van der Waals surface area contributed by atoms with E-state index in [1.807, 2.05) is 6.92 Å². The number of nitrogens with zero attached hydrogens (tertiary/aromatic N) is 2. The molecular weight excluding hydrogens is 246 g/mol. The van der Waals surface area contributed by atoms with E-state index in [-0.39, 0.29) is 0 Å². The molecule has 0 fully saturated rings. The minimum atomic E-state index is 0.476. The van der Waals surface area contributed by atoms with Gasteiger partial charge in [-0.1, -0.05) is 6.92 Å². The van der Waals surface area contributed by atoms with Crippen molar-refractivity contribution in [2.75, 3.05) is 18.5 Å². The highest BCUT2D eigenvalue weighted by Gasteiger charge is 2.10. The predicted molar refractivity (Wildman–Crippen MR) is 76.3 cm³/mol. The third-order valence-electron chi connectivity index (χ3n) is 2.62.